The third-order valence-corrected chi connectivity index (χ3v) is 6.48. The summed E-state index contributed by atoms with van der Waals surface area (Å²) in [6, 6.07) is 0. The number of esters is 2. The first kappa shape index (κ1) is 19.2. The lowest BCUT2D eigenvalue weighted by Crippen LogP contribution is -2.31. The summed E-state index contributed by atoms with van der Waals surface area (Å²) >= 11 is 0. The van der Waals surface area contributed by atoms with Gasteiger partial charge in [0.1, 0.15) is 13.2 Å². The molecule has 7 heteroatoms. The SMILES string of the molecule is CC1CC2OC2CC1C(=O)OCCOCCOC(=O)C1CC2OC2CC1C. The largest absolute Gasteiger partial charge is 0.463 e. The van der Waals surface area contributed by atoms with Crippen molar-refractivity contribution in [3.8, 4) is 0 Å². The second-order valence-corrected chi connectivity index (χ2v) is 8.48. The molecule has 8 atom stereocenters. The molecule has 2 aliphatic carbocycles. The van der Waals surface area contributed by atoms with Gasteiger partial charge in [0.15, 0.2) is 0 Å². The van der Waals surface area contributed by atoms with E-state index in [2.05, 4.69) is 13.8 Å². The van der Waals surface area contributed by atoms with Crippen molar-refractivity contribution in [1.82, 2.24) is 0 Å². The third kappa shape index (κ3) is 4.63. The smallest absolute Gasteiger partial charge is 0.309 e. The number of fused-ring (bicyclic) bond motifs is 2. The number of carbonyl (C=O) groups is 2. The van der Waals surface area contributed by atoms with Gasteiger partial charge in [-0.2, -0.15) is 0 Å². The van der Waals surface area contributed by atoms with Gasteiger partial charge in [-0.25, -0.2) is 0 Å². The molecule has 7 nitrogen and oxygen atoms in total. The van der Waals surface area contributed by atoms with Crippen molar-refractivity contribution in [2.45, 2.75) is 63.9 Å². The number of hydrogen-bond acceptors (Lipinski definition) is 7. The second-order valence-electron chi connectivity index (χ2n) is 8.48. The highest BCUT2D eigenvalue weighted by molar-refractivity contribution is 5.73. The molecule has 2 heterocycles. The number of ether oxygens (including phenoxy) is 5. The second kappa shape index (κ2) is 8.05. The molecule has 0 aromatic rings. The minimum Gasteiger partial charge on any atom is -0.463 e. The highest BCUT2D eigenvalue weighted by Gasteiger charge is 2.50. The van der Waals surface area contributed by atoms with E-state index in [0.717, 1.165) is 25.7 Å². The van der Waals surface area contributed by atoms with Gasteiger partial charge in [-0.05, 0) is 37.5 Å². The summed E-state index contributed by atoms with van der Waals surface area (Å²) in [6.45, 7) is 5.24. The Labute approximate surface area is 160 Å². The number of hydrogen-bond donors (Lipinski definition) is 0. The molecule has 0 aromatic carbocycles. The monoisotopic (exact) mass is 382 g/mol. The summed E-state index contributed by atoms with van der Waals surface area (Å²) in [5, 5.41) is 0. The molecule has 0 radical (unpaired) electrons. The molecule has 4 fully saturated rings. The average Bonchev–Trinajstić information content (AvgIpc) is 3.54. The van der Waals surface area contributed by atoms with E-state index >= 15 is 0 Å². The lowest BCUT2D eigenvalue weighted by molar-refractivity contribution is -0.154. The molecular weight excluding hydrogens is 352 g/mol. The minimum absolute atomic E-state index is 0.0674. The molecule has 2 aliphatic heterocycles. The molecule has 4 rings (SSSR count). The van der Waals surface area contributed by atoms with Crippen molar-refractivity contribution in [3.63, 3.8) is 0 Å². The Morgan fingerprint density at radius 2 is 1.11 bits per heavy atom. The topological polar surface area (TPSA) is 86.9 Å². The van der Waals surface area contributed by atoms with E-state index in [9.17, 15) is 9.59 Å². The first-order chi connectivity index (χ1) is 13.0. The Balaban J connectivity index is 1.04. The summed E-state index contributed by atoms with van der Waals surface area (Å²) in [7, 11) is 0. The molecule has 0 bridgehead atoms. The maximum atomic E-state index is 12.2. The standard InChI is InChI=1S/C20H30O7/c1-11-7-15-17(26-15)9-13(11)19(21)24-5-3-23-4-6-25-20(22)14-10-18-16(27-18)8-12(14)2/h11-18H,3-10H2,1-2H3. The normalized spacial score (nSPS) is 41.9. The van der Waals surface area contributed by atoms with Crippen molar-refractivity contribution in [3.05, 3.63) is 0 Å². The van der Waals surface area contributed by atoms with Gasteiger partial charge in [-0.15, -0.1) is 0 Å². The van der Waals surface area contributed by atoms with Crippen molar-refractivity contribution in [2.24, 2.45) is 23.7 Å². The lowest BCUT2D eigenvalue weighted by Gasteiger charge is -2.24. The van der Waals surface area contributed by atoms with Crippen LogP contribution in [0.3, 0.4) is 0 Å². The number of carbonyl (C=O) groups excluding carboxylic acids is 2. The molecule has 27 heavy (non-hydrogen) atoms. The Kier molecular flexibility index (Phi) is 5.71. The Bertz CT molecular complexity index is 517. The lowest BCUT2D eigenvalue weighted by atomic mass is 9.80. The molecule has 2 saturated carbocycles. The average molecular weight is 382 g/mol. The molecule has 0 N–H and O–H groups in total. The van der Waals surface area contributed by atoms with Crippen LogP contribution < -0.4 is 0 Å². The first-order valence-corrected chi connectivity index (χ1v) is 10.2. The summed E-state index contributed by atoms with van der Waals surface area (Å²) in [5.74, 6) is 0.168. The van der Waals surface area contributed by atoms with Crippen LogP contribution in [0.25, 0.3) is 0 Å². The number of epoxide rings is 2. The third-order valence-electron chi connectivity index (χ3n) is 6.48. The quantitative estimate of drug-likeness (QED) is 0.359. The highest BCUT2D eigenvalue weighted by Crippen LogP contribution is 2.43. The summed E-state index contributed by atoms with van der Waals surface area (Å²) in [4.78, 5) is 24.3. The van der Waals surface area contributed by atoms with Gasteiger partial charge in [0.25, 0.3) is 0 Å². The van der Waals surface area contributed by atoms with Crippen LogP contribution in [0.15, 0.2) is 0 Å². The first-order valence-electron chi connectivity index (χ1n) is 10.2. The predicted octanol–water partition coefficient (Wildman–Crippen LogP) is 1.72. The van der Waals surface area contributed by atoms with Crippen LogP contribution in [0, 0.1) is 23.7 Å². The van der Waals surface area contributed by atoms with E-state index in [1.165, 1.54) is 0 Å². The summed E-state index contributed by atoms with van der Waals surface area (Å²) < 4.78 is 27.1. The van der Waals surface area contributed by atoms with Gasteiger partial charge in [0.2, 0.25) is 0 Å². The van der Waals surface area contributed by atoms with Crippen LogP contribution in [0.1, 0.15) is 39.5 Å². The van der Waals surface area contributed by atoms with E-state index in [1.54, 1.807) is 0 Å². The zero-order valence-electron chi connectivity index (χ0n) is 16.1. The zero-order valence-corrected chi connectivity index (χ0v) is 16.1. The van der Waals surface area contributed by atoms with Crippen LogP contribution in [0.2, 0.25) is 0 Å². The molecule has 0 spiro atoms. The summed E-state index contributed by atoms with van der Waals surface area (Å²) in [6.07, 6.45) is 4.68. The van der Waals surface area contributed by atoms with Gasteiger partial charge >= 0.3 is 11.9 Å². The minimum atomic E-state index is -0.154. The summed E-state index contributed by atoms with van der Waals surface area (Å²) in [5.41, 5.74) is 0. The van der Waals surface area contributed by atoms with Crippen LogP contribution in [0.5, 0.6) is 0 Å². The van der Waals surface area contributed by atoms with Crippen molar-refractivity contribution in [2.75, 3.05) is 26.4 Å². The molecule has 4 aliphatic rings. The van der Waals surface area contributed by atoms with Gasteiger partial charge in [0, 0.05) is 0 Å². The predicted molar refractivity (Wildman–Crippen MR) is 93.8 cm³/mol. The fraction of sp³-hybridized carbons (Fsp3) is 0.900. The van der Waals surface area contributed by atoms with Crippen LogP contribution >= 0.6 is 0 Å². The Morgan fingerprint density at radius 1 is 0.704 bits per heavy atom. The van der Waals surface area contributed by atoms with Gasteiger partial charge in [-0.3, -0.25) is 9.59 Å². The fourth-order valence-electron chi connectivity index (χ4n) is 4.59. The van der Waals surface area contributed by atoms with Gasteiger partial charge < -0.3 is 23.7 Å². The van der Waals surface area contributed by atoms with E-state index < -0.39 is 0 Å². The zero-order chi connectivity index (χ0) is 19.0. The van der Waals surface area contributed by atoms with Crippen molar-refractivity contribution < 1.29 is 33.3 Å². The van der Waals surface area contributed by atoms with E-state index in [0.29, 0.717) is 37.3 Å². The van der Waals surface area contributed by atoms with E-state index in [1.807, 2.05) is 0 Å². The molecule has 8 unspecified atom stereocenters. The number of rotatable bonds is 8. The van der Waals surface area contributed by atoms with Crippen LogP contribution in [-0.2, 0) is 33.3 Å². The molecule has 0 aromatic heterocycles. The highest BCUT2D eigenvalue weighted by atomic mass is 16.6. The Morgan fingerprint density at radius 3 is 1.56 bits per heavy atom. The maximum Gasteiger partial charge on any atom is 0.309 e. The van der Waals surface area contributed by atoms with Gasteiger partial charge in [0.05, 0.1) is 49.5 Å². The fourth-order valence-corrected chi connectivity index (χ4v) is 4.59. The van der Waals surface area contributed by atoms with E-state index in [4.69, 9.17) is 23.7 Å². The maximum absolute atomic E-state index is 12.2. The molecule has 152 valence electrons. The molecule has 0 amide bonds. The van der Waals surface area contributed by atoms with E-state index in [-0.39, 0.29) is 49.2 Å². The van der Waals surface area contributed by atoms with Gasteiger partial charge in [-0.1, -0.05) is 13.8 Å². The molecule has 2 saturated heterocycles. The Hall–Kier alpha value is -1.18. The molecular formula is C20H30O7. The van der Waals surface area contributed by atoms with Crippen LogP contribution in [0.4, 0.5) is 0 Å². The van der Waals surface area contributed by atoms with Crippen LogP contribution in [-0.4, -0.2) is 62.8 Å². The van der Waals surface area contributed by atoms with Crippen molar-refractivity contribution >= 4 is 11.9 Å². The van der Waals surface area contributed by atoms with Crippen molar-refractivity contribution in [1.29, 1.82) is 0 Å².